The second kappa shape index (κ2) is 8.97. The van der Waals surface area contributed by atoms with Gasteiger partial charge in [0.15, 0.2) is 0 Å². The Balaban J connectivity index is 1.35. The van der Waals surface area contributed by atoms with Crippen LogP contribution in [0.3, 0.4) is 0 Å². The third-order valence-electron chi connectivity index (χ3n) is 7.32. The number of fused-ring (bicyclic) bond motifs is 1. The van der Waals surface area contributed by atoms with Gasteiger partial charge in [0.1, 0.15) is 0 Å². The van der Waals surface area contributed by atoms with Crippen molar-refractivity contribution in [3.05, 3.63) is 100 Å². The van der Waals surface area contributed by atoms with Crippen molar-refractivity contribution in [3.8, 4) is 0 Å². The van der Waals surface area contributed by atoms with E-state index in [1.807, 2.05) is 30.3 Å². The van der Waals surface area contributed by atoms with Crippen LogP contribution < -0.4 is 10.6 Å². The Morgan fingerprint density at radius 3 is 2.51 bits per heavy atom. The molecule has 0 aliphatic heterocycles. The fourth-order valence-corrected chi connectivity index (χ4v) is 5.20. The molecule has 0 saturated heterocycles. The summed E-state index contributed by atoms with van der Waals surface area (Å²) in [4.78, 5) is 23.0. The lowest BCUT2D eigenvalue weighted by Gasteiger charge is -2.43. The maximum atomic E-state index is 13.6. The van der Waals surface area contributed by atoms with Gasteiger partial charge in [0.25, 0.3) is 5.91 Å². The molecular weight excluding hydrogens is 456 g/mol. The first-order valence-corrected chi connectivity index (χ1v) is 12.7. The Morgan fingerprint density at radius 1 is 1.00 bits per heavy atom. The summed E-state index contributed by atoms with van der Waals surface area (Å²) >= 11 is 6.18. The largest absolute Gasteiger partial charge is 0.351 e. The Hall–Kier alpha value is -3.44. The molecule has 0 bridgehead atoms. The van der Waals surface area contributed by atoms with Crippen molar-refractivity contribution in [1.82, 2.24) is 15.3 Å². The second-order valence-corrected chi connectivity index (χ2v) is 10.1. The van der Waals surface area contributed by atoms with Gasteiger partial charge in [-0.3, -0.25) is 4.79 Å². The van der Waals surface area contributed by atoms with E-state index in [9.17, 15) is 4.79 Å². The summed E-state index contributed by atoms with van der Waals surface area (Å²) < 4.78 is 0. The van der Waals surface area contributed by atoms with Crippen molar-refractivity contribution in [2.45, 2.75) is 50.1 Å². The van der Waals surface area contributed by atoms with E-state index < -0.39 is 0 Å². The molecule has 6 heteroatoms. The topological polar surface area (TPSA) is 66.9 Å². The maximum Gasteiger partial charge on any atom is 0.255 e. The predicted octanol–water partition coefficient (Wildman–Crippen LogP) is 6.26. The molecule has 5 nitrogen and oxygen atoms in total. The molecule has 176 valence electrons. The molecule has 1 amide bonds. The Morgan fingerprint density at radius 2 is 1.77 bits per heavy atom. The zero-order valence-electron chi connectivity index (χ0n) is 19.4. The summed E-state index contributed by atoms with van der Waals surface area (Å²) in [5, 5.41) is 9.56. The summed E-state index contributed by atoms with van der Waals surface area (Å²) in [6.07, 6.45) is 6.94. The predicted molar refractivity (Wildman–Crippen MR) is 140 cm³/mol. The minimum absolute atomic E-state index is 0.147. The van der Waals surface area contributed by atoms with Crippen LogP contribution in [0.5, 0.6) is 0 Å². The molecule has 6 rings (SSSR count). The minimum Gasteiger partial charge on any atom is -0.351 e. The molecule has 0 spiro atoms. The van der Waals surface area contributed by atoms with Gasteiger partial charge in [0, 0.05) is 29.2 Å². The number of hydrogen-bond acceptors (Lipinski definition) is 4. The van der Waals surface area contributed by atoms with Crippen LogP contribution in [0.4, 0.5) is 5.95 Å². The summed E-state index contributed by atoms with van der Waals surface area (Å²) in [6, 6.07) is 22.8. The number of nitrogens with zero attached hydrogens (tertiary/aromatic N) is 2. The van der Waals surface area contributed by atoms with Gasteiger partial charge in [0.05, 0.1) is 11.3 Å². The van der Waals surface area contributed by atoms with Gasteiger partial charge in [-0.05, 0) is 59.7 Å². The molecule has 0 atom stereocenters. The fourth-order valence-electron chi connectivity index (χ4n) is 5.07. The zero-order chi connectivity index (χ0) is 23.8. The van der Waals surface area contributed by atoms with Crippen LogP contribution in [0, 0.1) is 0 Å². The average Bonchev–Trinajstić information content (AvgIpc) is 3.67. The minimum atomic E-state index is -0.306. The molecule has 2 aliphatic rings. The standard InChI is InChI=1S/C29H27ClN4O/c30-22-11-9-21(10-12-22)29(15-4-16-29)26-25(18-32-28(34-26)33-23-13-14-23)27(35)31-17-20-7-3-6-19-5-1-2-8-24(19)20/h1-3,5-12,18,23H,4,13-17H2,(H,31,35)(H,32,33,34). The van der Waals surface area contributed by atoms with Crippen LogP contribution in [-0.2, 0) is 12.0 Å². The van der Waals surface area contributed by atoms with Gasteiger partial charge in [-0.25, -0.2) is 9.97 Å². The van der Waals surface area contributed by atoms with Crippen molar-refractivity contribution >= 4 is 34.2 Å². The number of nitrogens with one attached hydrogen (secondary N) is 2. The van der Waals surface area contributed by atoms with Gasteiger partial charge in [0.2, 0.25) is 5.95 Å². The second-order valence-electron chi connectivity index (χ2n) is 9.64. The molecule has 4 aromatic rings. The summed E-state index contributed by atoms with van der Waals surface area (Å²) in [7, 11) is 0. The highest BCUT2D eigenvalue weighted by atomic mass is 35.5. The third-order valence-corrected chi connectivity index (χ3v) is 7.57. The van der Waals surface area contributed by atoms with E-state index in [0.717, 1.165) is 59.7 Å². The lowest BCUT2D eigenvalue weighted by Crippen LogP contribution is -2.39. The van der Waals surface area contributed by atoms with E-state index in [2.05, 4.69) is 52.0 Å². The van der Waals surface area contributed by atoms with E-state index in [1.165, 1.54) is 0 Å². The van der Waals surface area contributed by atoms with E-state index in [0.29, 0.717) is 29.1 Å². The van der Waals surface area contributed by atoms with Crippen molar-refractivity contribution in [2.75, 3.05) is 5.32 Å². The Labute approximate surface area is 210 Å². The zero-order valence-corrected chi connectivity index (χ0v) is 20.2. The van der Waals surface area contributed by atoms with E-state index >= 15 is 0 Å². The molecule has 2 aliphatic carbocycles. The number of hydrogen-bond donors (Lipinski definition) is 2. The third kappa shape index (κ3) is 4.25. The van der Waals surface area contributed by atoms with Crippen LogP contribution in [-0.4, -0.2) is 21.9 Å². The number of amides is 1. The molecular formula is C29H27ClN4O. The van der Waals surface area contributed by atoms with Crippen LogP contribution in [0.25, 0.3) is 10.8 Å². The number of rotatable bonds is 7. The summed E-state index contributed by atoms with van der Waals surface area (Å²) in [6.45, 7) is 0.440. The molecule has 1 aromatic heterocycles. The van der Waals surface area contributed by atoms with Crippen LogP contribution in [0.15, 0.2) is 72.9 Å². The highest BCUT2D eigenvalue weighted by Crippen LogP contribution is 2.49. The molecule has 35 heavy (non-hydrogen) atoms. The molecule has 1 heterocycles. The first kappa shape index (κ1) is 22.1. The van der Waals surface area contributed by atoms with Crippen LogP contribution in [0.1, 0.15) is 59.3 Å². The van der Waals surface area contributed by atoms with E-state index in [-0.39, 0.29) is 11.3 Å². The highest BCUT2D eigenvalue weighted by molar-refractivity contribution is 6.30. The SMILES string of the molecule is O=C(NCc1cccc2ccccc12)c1cnc(NC2CC2)nc1C1(c2ccc(Cl)cc2)CCC1. The van der Waals surface area contributed by atoms with Crippen molar-refractivity contribution in [3.63, 3.8) is 0 Å². The van der Waals surface area contributed by atoms with Crippen LogP contribution >= 0.6 is 11.6 Å². The lowest BCUT2D eigenvalue weighted by atomic mass is 9.61. The Kier molecular flexibility index (Phi) is 5.65. The first-order valence-electron chi connectivity index (χ1n) is 12.3. The number of anilines is 1. The van der Waals surface area contributed by atoms with Gasteiger partial charge in [-0.15, -0.1) is 0 Å². The van der Waals surface area contributed by atoms with Gasteiger partial charge in [-0.2, -0.15) is 0 Å². The normalized spacial score (nSPS) is 16.5. The molecule has 2 fully saturated rings. The molecule has 0 radical (unpaired) electrons. The lowest BCUT2D eigenvalue weighted by molar-refractivity contribution is 0.0946. The highest BCUT2D eigenvalue weighted by Gasteiger charge is 2.44. The molecule has 0 unspecified atom stereocenters. The Bertz CT molecular complexity index is 1390. The molecule has 2 saturated carbocycles. The number of aromatic nitrogens is 2. The molecule has 2 N–H and O–H groups in total. The summed E-state index contributed by atoms with van der Waals surface area (Å²) in [5.41, 5.74) is 3.27. The first-order chi connectivity index (χ1) is 17.1. The van der Waals surface area contributed by atoms with Crippen molar-refractivity contribution in [1.29, 1.82) is 0 Å². The number of halogens is 1. The van der Waals surface area contributed by atoms with E-state index in [1.54, 1.807) is 6.20 Å². The number of carbonyl (C=O) groups excluding carboxylic acids is 1. The fraction of sp³-hybridized carbons (Fsp3) is 0.276. The van der Waals surface area contributed by atoms with Gasteiger partial charge < -0.3 is 10.6 Å². The average molecular weight is 483 g/mol. The van der Waals surface area contributed by atoms with Gasteiger partial charge >= 0.3 is 0 Å². The summed E-state index contributed by atoms with van der Waals surface area (Å²) in [5.74, 6) is 0.458. The van der Waals surface area contributed by atoms with Crippen LogP contribution in [0.2, 0.25) is 5.02 Å². The van der Waals surface area contributed by atoms with Crippen molar-refractivity contribution in [2.24, 2.45) is 0 Å². The van der Waals surface area contributed by atoms with Gasteiger partial charge in [-0.1, -0.05) is 72.6 Å². The smallest absolute Gasteiger partial charge is 0.255 e. The quantitative estimate of drug-likeness (QED) is 0.326. The monoisotopic (exact) mass is 482 g/mol. The maximum absolute atomic E-state index is 13.6. The number of benzene rings is 3. The van der Waals surface area contributed by atoms with E-state index in [4.69, 9.17) is 16.6 Å². The molecule has 3 aromatic carbocycles. The van der Waals surface area contributed by atoms with Crippen molar-refractivity contribution < 1.29 is 4.79 Å². The number of carbonyl (C=O) groups is 1.